The van der Waals surface area contributed by atoms with Gasteiger partial charge < -0.3 is 28.6 Å². The molecule has 2 aliphatic rings. The van der Waals surface area contributed by atoms with Gasteiger partial charge in [-0.1, -0.05) is 13.8 Å². The van der Waals surface area contributed by atoms with Crippen LogP contribution in [0.5, 0.6) is 0 Å². The largest absolute Gasteiger partial charge is 0.446 e. The van der Waals surface area contributed by atoms with Gasteiger partial charge in [0.15, 0.2) is 27.6 Å². The molecule has 266 valence electrons. The second kappa shape index (κ2) is 16.8. The van der Waals surface area contributed by atoms with E-state index >= 15 is 0 Å². The lowest BCUT2D eigenvalue weighted by molar-refractivity contribution is -0.263. The Hall–Kier alpha value is -2.64. The lowest BCUT2D eigenvalue weighted by Crippen LogP contribution is -2.55. The number of hydrogen-bond donors (Lipinski definition) is 0. The zero-order chi connectivity index (χ0) is 36.0. The van der Waals surface area contributed by atoms with Gasteiger partial charge in [-0.3, -0.25) is 14.4 Å². The van der Waals surface area contributed by atoms with Gasteiger partial charge in [0.05, 0.1) is 17.8 Å². The molecule has 0 spiro atoms. The van der Waals surface area contributed by atoms with Crippen LogP contribution in [-0.4, -0.2) is 98.6 Å². The molecule has 10 atom stereocenters. The number of carbonyl (C=O) groups is 4. The van der Waals surface area contributed by atoms with E-state index in [9.17, 15) is 19.2 Å². The molecule has 0 saturated carbocycles. The molecule has 2 aliphatic heterocycles. The number of cyclic esters (lactones) is 1. The lowest BCUT2D eigenvalue weighted by Gasteiger charge is -2.45. The number of carbonyl (C=O) groups excluding carboxylic acids is 4. The molecule has 12 nitrogen and oxygen atoms in total. The first kappa shape index (κ1) is 39.8. The number of esters is 1. The van der Waals surface area contributed by atoms with Crippen molar-refractivity contribution < 1.29 is 42.9 Å². The minimum absolute atomic E-state index is 0.125. The smallest absolute Gasteiger partial charge is 0.420 e. The van der Waals surface area contributed by atoms with Crippen molar-refractivity contribution in [1.29, 1.82) is 0 Å². The summed E-state index contributed by atoms with van der Waals surface area (Å²) in [6, 6.07) is 0.130. The van der Waals surface area contributed by atoms with Gasteiger partial charge in [-0.25, -0.2) is 14.3 Å². The van der Waals surface area contributed by atoms with Crippen molar-refractivity contribution in [2.75, 3.05) is 20.7 Å². The van der Waals surface area contributed by atoms with Crippen LogP contribution in [-0.2, 0) is 38.1 Å². The van der Waals surface area contributed by atoms with Gasteiger partial charge in [0.25, 0.3) is 0 Å². The van der Waals surface area contributed by atoms with Crippen molar-refractivity contribution in [3.63, 3.8) is 0 Å². The van der Waals surface area contributed by atoms with E-state index in [1.54, 1.807) is 34.6 Å². The first-order valence-corrected chi connectivity index (χ1v) is 17.5. The molecule has 48 heavy (non-hydrogen) atoms. The summed E-state index contributed by atoms with van der Waals surface area (Å²) in [6.45, 7) is 12.6. The number of ketones is 2. The van der Waals surface area contributed by atoms with Crippen molar-refractivity contribution in [2.24, 2.45) is 17.8 Å². The molecule has 0 aliphatic carbocycles. The molecular weight excluding hydrogens is 733 g/mol. The highest BCUT2D eigenvalue weighted by atomic mass is 127. The molecule has 3 heterocycles. The van der Waals surface area contributed by atoms with E-state index in [0.29, 0.717) is 18.4 Å². The molecule has 0 radical (unpaired) electrons. The first-order valence-electron chi connectivity index (χ1n) is 16.3. The number of nitrogens with zero attached hydrogens (tertiary/aromatic N) is 3. The average molecular weight is 784 g/mol. The zero-order valence-electron chi connectivity index (χ0n) is 29.4. The van der Waals surface area contributed by atoms with Crippen LogP contribution in [0.25, 0.3) is 0 Å². The summed E-state index contributed by atoms with van der Waals surface area (Å²) in [7, 11) is 3.53. The fourth-order valence-electron chi connectivity index (χ4n) is 6.53. The maximum absolute atomic E-state index is 14.1. The van der Waals surface area contributed by atoms with Crippen LogP contribution in [0.4, 0.5) is 4.79 Å². The highest BCUT2D eigenvalue weighted by Crippen LogP contribution is 2.38. The van der Waals surface area contributed by atoms with Gasteiger partial charge >= 0.3 is 12.1 Å². The lowest BCUT2D eigenvalue weighted by atomic mass is 9.77. The Kier molecular flexibility index (Phi) is 14.0. The van der Waals surface area contributed by atoms with E-state index in [1.165, 1.54) is 38.8 Å². The molecule has 3 rings (SSSR count). The Bertz CT molecular complexity index is 1380. The Balaban J connectivity index is 2.02. The van der Waals surface area contributed by atoms with E-state index in [1.807, 2.05) is 36.6 Å². The monoisotopic (exact) mass is 783 g/mol. The van der Waals surface area contributed by atoms with Gasteiger partial charge in [-0.2, -0.15) is 0 Å². The van der Waals surface area contributed by atoms with Gasteiger partial charge in [-0.15, -0.1) is 12.3 Å². The molecule has 0 N–H and O–H groups in total. The van der Waals surface area contributed by atoms with E-state index in [-0.39, 0.29) is 24.3 Å². The fourth-order valence-corrected chi connectivity index (χ4v) is 7.09. The van der Waals surface area contributed by atoms with E-state index < -0.39 is 63.3 Å². The number of imidazole rings is 1. The third-order valence-corrected chi connectivity index (χ3v) is 11.0. The molecular formula is C35H50IN3O9. The van der Waals surface area contributed by atoms with Crippen LogP contribution in [0.1, 0.15) is 74.1 Å². The SMILES string of the molecule is C#CCCN(C)[C@@H]1C[C@H](O[C@@H]2[C@@H](C)C(=O)[C@@H](C)C(=O)O[C@H](I)[C@@](C)(OC(=O)n3ccnc3)/C=C(\C)C(=O)[C@H](C)C[C@@]2(C)OC)O[C@H](C)C1. The highest BCUT2D eigenvalue weighted by molar-refractivity contribution is 14.1. The van der Waals surface area contributed by atoms with Crippen molar-refractivity contribution in [3.05, 3.63) is 30.4 Å². The topological polar surface area (TPSA) is 135 Å². The Morgan fingerprint density at radius 3 is 2.50 bits per heavy atom. The molecule has 0 unspecified atom stereocenters. The molecule has 1 fully saturated rings. The third kappa shape index (κ3) is 9.53. The van der Waals surface area contributed by atoms with Gasteiger partial charge in [0.2, 0.25) is 0 Å². The van der Waals surface area contributed by atoms with Crippen molar-refractivity contribution in [2.45, 2.75) is 114 Å². The number of allylic oxidation sites excluding steroid dienone is 1. The van der Waals surface area contributed by atoms with Crippen LogP contribution in [0.2, 0.25) is 0 Å². The van der Waals surface area contributed by atoms with E-state index in [2.05, 4.69) is 15.8 Å². The van der Waals surface area contributed by atoms with Crippen molar-refractivity contribution in [1.82, 2.24) is 14.5 Å². The summed E-state index contributed by atoms with van der Waals surface area (Å²) in [5, 5.41) is 0. The van der Waals surface area contributed by atoms with Gasteiger partial charge in [0.1, 0.15) is 12.2 Å². The van der Waals surface area contributed by atoms with Crippen LogP contribution in [0.3, 0.4) is 0 Å². The number of terminal acetylenes is 1. The van der Waals surface area contributed by atoms with E-state index in [0.717, 1.165) is 17.5 Å². The highest BCUT2D eigenvalue weighted by Gasteiger charge is 2.49. The maximum atomic E-state index is 14.1. The van der Waals surface area contributed by atoms with Crippen LogP contribution in [0.15, 0.2) is 30.4 Å². The number of hydrogen-bond acceptors (Lipinski definition) is 11. The molecule has 0 amide bonds. The number of Topliss-reactive ketones (excluding diaryl/α,β-unsaturated/α-hetero) is 2. The summed E-state index contributed by atoms with van der Waals surface area (Å²) in [4.78, 5) is 60.5. The molecule has 0 bridgehead atoms. The number of methoxy groups -OCH3 is 1. The Labute approximate surface area is 297 Å². The number of ether oxygens (including phenoxy) is 5. The van der Waals surface area contributed by atoms with Gasteiger partial charge in [-0.05, 0) is 88.7 Å². The fraction of sp³-hybridized carbons (Fsp3) is 0.686. The zero-order valence-corrected chi connectivity index (χ0v) is 31.6. The quantitative estimate of drug-likeness (QED) is 0.122. The number of rotatable bonds is 7. The molecule has 1 aromatic heterocycles. The second-order valence-corrected chi connectivity index (χ2v) is 14.6. The summed E-state index contributed by atoms with van der Waals surface area (Å²) < 4.78 is 30.6. The molecule has 13 heteroatoms. The Morgan fingerprint density at radius 2 is 1.90 bits per heavy atom. The third-order valence-electron chi connectivity index (χ3n) is 9.48. The maximum Gasteiger partial charge on any atom is 0.420 e. The van der Waals surface area contributed by atoms with Gasteiger partial charge in [0, 0.05) is 56.8 Å². The number of alkyl halides is 1. The molecule has 0 aromatic carbocycles. The number of aromatic nitrogens is 2. The van der Waals surface area contributed by atoms with Crippen LogP contribution in [0, 0.1) is 30.1 Å². The van der Waals surface area contributed by atoms with E-state index in [4.69, 9.17) is 30.1 Å². The van der Waals surface area contributed by atoms with Crippen LogP contribution >= 0.6 is 22.6 Å². The van der Waals surface area contributed by atoms with Crippen molar-refractivity contribution >= 4 is 46.2 Å². The van der Waals surface area contributed by atoms with Crippen molar-refractivity contribution in [3.8, 4) is 12.3 Å². The molecule has 1 saturated heterocycles. The minimum atomic E-state index is -1.58. The predicted molar refractivity (Wildman–Crippen MR) is 186 cm³/mol. The predicted octanol–water partition coefficient (Wildman–Crippen LogP) is 4.97. The minimum Gasteiger partial charge on any atom is -0.446 e. The standard InChI is InChI=1S/C35H50IN3O9/c1-11-12-14-38(9)26-16-23(4)45-27(17-26)46-30-24(5)29(41)25(6)31(42)47-32(36)35(8,48-33(43)39-15-13-37-20-39)19-22(3)28(40)21(2)18-34(30,7)44-10/h1,13,15,19-21,23-27,30,32H,12,14,16-18H2,2-10H3/b22-19+/t21-,23-,24+,25-,26+,27+,30-,32+,34-,35+/m1/s1. The summed E-state index contributed by atoms with van der Waals surface area (Å²) in [5.74, 6) is -1.45. The summed E-state index contributed by atoms with van der Waals surface area (Å²) >= 11 is 1.84. The molecule has 1 aromatic rings. The average Bonchev–Trinajstić information content (AvgIpc) is 3.59. The first-order chi connectivity index (χ1) is 22.5. The second-order valence-electron chi connectivity index (χ2n) is 13.5. The normalized spacial score (nSPS) is 36.8. The Morgan fingerprint density at radius 1 is 1.21 bits per heavy atom. The number of halogens is 1. The summed E-state index contributed by atoms with van der Waals surface area (Å²) in [5.41, 5.74) is -2.44. The summed E-state index contributed by atoms with van der Waals surface area (Å²) in [6.07, 6.45) is 10.7. The van der Waals surface area contributed by atoms with Crippen LogP contribution < -0.4 is 0 Å².